The van der Waals surface area contributed by atoms with Crippen molar-refractivity contribution in [1.82, 2.24) is 4.90 Å². The van der Waals surface area contributed by atoms with E-state index < -0.39 is 11.1 Å². The van der Waals surface area contributed by atoms with Crippen molar-refractivity contribution < 1.29 is 23.9 Å². The number of nitrogens with one attached hydrogen (secondary N) is 1. The van der Waals surface area contributed by atoms with Gasteiger partial charge in [-0.2, -0.15) is 0 Å². The van der Waals surface area contributed by atoms with Crippen molar-refractivity contribution in [2.75, 3.05) is 19.0 Å². The summed E-state index contributed by atoms with van der Waals surface area (Å²) in [6.07, 6.45) is 2.51. The van der Waals surface area contributed by atoms with Crippen LogP contribution in [0.3, 0.4) is 0 Å². The summed E-state index contributed by atoms with van der Waals surface area (Å²) < 4.78 is 11.1. The average Bonchev–Trinajstić information content (AvgIpc) is 3.17. The summed E-state index contributed by atoms with van der Waals surface area (Å²) in [5.41, 5.74) is 2.99. The van der Waals surface area contributed by atoms with E-state index in [-0.39, 0.29) is 24.0 Å². The molecule has 0 spiro atoms. The number of rotatable bonds is 9. The number of ether oxygens (including phenoxy) is 2. The normalized spacial score (nSPS) is 14.2. The summed E-state index contributed by atoms with van der Waals surface area (Å²) in [6, 6.07) is 17.6. The summed E-state index contributed by atoms with van der Waals surface area (Å²) in [6.45, 7) is 1.82. The highest BCUT2D eigenvalue weighted by Crippen LogP contribution is 2.37. The molecule has 7 nitrogen and oxygen atoms in total. The van der Waals surface area contributed by atoms with Crippen LogP contribution in [0.1, 0.15) is 23.6 Å². The third kappa shape index (κ3) is 6.51. The Morgan fingerprint density at radius 2 is 1.74 bits per heavy atom. The van der Waals surface area contributed by atoms with Gasteiger partial charge in [0.2, 0.25) is 0 Å². The van der Waals surface area contributed by atoms with Crippen LogP contribution in [0.15, 0.2) is 65.6 Å². The zero-order chi connectivity index (χ0) is 27.2. The Bertz CT molecular complexity index is 1390. The van der Waals surface area contributed by atoms with Gasteiger partial charge in [-0.25, -0.2) is 0 Å². The van der Waals surface area contributed by atoms with Crippen molar-refractivity contribution in [2.24, 2.45) is 0 Å². The fourth-order valence-electron chi connectivity index (χ4n) is 3.69. The van der Waals surface area contributed by atoms with Crippen LogP contribution >= 0.6 is 35.0 Å². The molecule has 4 rings (SSSR count). The lowest BCUT2D eigenvalue weighted by Gasteiger charge is -2.14. The van der Waals surface area contributed by atoms with Crippen LogP contribution in [0.25, 0.3) is 6.08 Å². The standard InChI is InChI=1S/C28H24Cl2N2O5S/c1-3-17-7-10-19(11-8-17)31-26(33)16-37-23-12-9-18(13-24(23)36-2)14-25-27(34)32(28(35)38-25)15-20-21(29)5-4-6-22(20)30/h4-14H,3,15-16H2,1-2H3,(H,31,33)/b25-14-. The van der Waals surface area contributed by atoms with Gasteiger partial charge in [-0.05, 0) is 71.8 Å². The summed E-state index contributed by atoms with van der Waals surface area (Å²) in [7, 11) is 1.47. The molecule has 0 bridgehead atoms. The van der Waals surface area contributed by atoms with E-state index in [9.17, 15) is 14.4 Å². The molecule has 1 fully saturated rings. The van der Waals surface area contributed by atoms with Gasteiger partial charge in [-0.3, -0.25) is 19.3 Å². The molecule has 0 atom stereocenters. The third-order valence-corrected chi connectivity index (χ3v) is 7.36. The first-order valence-electron chi connectivity index (χ1n) is 11.7. The van der Waals surface area contributed by atoms with Crippen LogP contribution in [0.4, 0.5) is 10.5 Å². The lowest BCUT2D eigenvalue weighted by Crippen LogP contribution is -2.27. The number of benzene rings is 3. The topological polar surface area (TPSA) is 84.9 Å². The zero-order valence-electron chi connectivity index (χ0n) is 20.6. The second-order valence-electron chi connectivity index (χ2n) is 8.27. The Balaban J connectivity index is 1.42. The number of thioether (sulfide) groups is 1. The molecule has 1 aliphatic rings. The Hall–Kier alpha value is -3.46. The molecule has 3 aromatic rings. The predicted octanol–water partition coefficient (Wildman–Crippen LogP) is 6.82. The number of hydrogen-bond acceptors (Lipinski definition) is 6. The predicted molar refractivity (Wildman–Crippen MR) is 151 cm³/mol. The van der Waals surface area contributed by atoms with Crippen molar-refractivity contribution >= 4 is 63.8 Å². The van der Waals surface area contributed by atoms with Crippen molar-refractivity contribution in [3.8, 4) is 11.5 Å². The van der Waals surface area contributed by atoms with E-state index in [1.54, 1.807) is 42.5 Å². The quantitative estimate of drug-likeness (QED) is 0.284. The lowest BCUT2D eigenvalue weighted by atomic mass is 10.1. The number of carbonyl (C=O) groups is 3. The molecule has 0 aromatic heterocycles. The molecular formula is C28H24Cl2N2O5S. The summed E-state index contributed by atoms with van der Waals surface area (Å²) in [5.74, 6) is -0.0184. The lowest BCUT2D eigenvalue weighted by molar-refractivity contribution is -0.123. The molecule has 196 valence electrons. The second kappa shape index (κ2) is 12.4. The minimum Gasteiger partial charge on any atom is -0.493 e. The molecule has 1 saturated heterocycles. The van der Waals surface area contributed by atoms with Gasteiger partial charge in [-0.1, -0.05) is 54.4 Å². The zero-order valence-corrected chi connectivity index (χ0v) is 23.0. The van der Waals surface area contributed by atoms with E-state index in [1.807, 2.05) is 24.3 Å². The van der Waals surface area contributed by atoms with Crippen molar-refractivity contribution in [2.45, 2.75) is 19.9 Å². The van der Waals surface area contributed by atoms with E-state index in [2.05, 4.69) is 12.2 Å². The maximum absolute atomic E-state index is 13.0. The Morgan fingerprint density at radius 1 is 1.03 bits per heavy atom. The fourth-order valence-corrected chi connectivity index (χ4v) is 5.04. The summed E-state index contributed by atoms with van der Waals surface area (Å²) >= 11 is 13.2. The van der Waals surface area contributed by atoms with Gasteiger partial charge < -0.3 is 14.8 Å². The Morgan fingerprint density at radius 3 is 2.39 bits per heavy atom. The first kappa shape index (κ1) is 27.6. The molecule has 0 saturated carbocycles. The second-order valence-corrected chi connectivity index (χ2v) is 10.1. The maximum atomic E-state index is 13.0. The highest BCUT2D eigenvalue weighted by atomic mass is 35.5. The van der Waals surface area contributed by atoms with Crippen LogP contribution in [-0.2, 0) is 22.6 Å². The molecule has 1 N–H and O–H groups in total. The molecule has 10 heteroatoms. The van der Waals surface area contributed by atoms with Gasteiger partial charge in [-0.15, -0.1) is 0 Å². The molecule has 0 aliphatic carbocycles. The summed E-state index contributed by atoms with van der Waals surface area (Å²) in [4.78, 5) is 39.2. The molecule has 1 aliphatic heterocycles. The van der Waals surface area contributed by atoms with E-state index in [1.165, 1.54) is 12.7 Å². The van der Waals surface area contributed by atoms with Crippen LogP contribution in [0, 0.1) is 0 Å². The first-order valence-corrected chi connectivity index (χ1v) is 13.2. The van der Waals surface area contributed by atoms with Crippen molar-refractivity contribution in [3.63, 3.8) is 0 Å². The fraction of sp³-hybridized carbons (Fsp3) is 0.179. The molecule has 3 aromatic carbocycles. The number of carbonyl (C=O) groups excluding carboxylic acids is 3. The highest BCUT2D eigenvalue weighted by Gasteiger charge is 2.35. The van der Waals surface area contributed by atoms with Gasteiger partial charge >= 0.3 is 0 Å². The number of imide groups is 1. The largest absolute Gasteiger partial charge is 0.493 e. The molecule has 0 radical (unpaired) electrons. The average molecular weight is 571 g/mol. The number of aryl methyl sites for hydroxylation is 1. The van der Waals surface area contributed by atoms with Crippen LogP contribution in [0.2, 0.25) is 10.0 Å². The van der Waals surface area contributed by atoms with Gasteiger partial charge in [0.15, 0.2) is 18.1 Å². The molecule has 38 heavy (non-hydrogen) atoms. The summed E-state index contributed by atoms with van der Waals surface area (Å²) in [5, 5.41) is 3.13. The van der Waals surface area contributed by atoms with E-state index in [0.29, 0.717) is 38.4 Å². The van der Waals surface area contributed by atoms with Crippen LogP contribution in [-0.4, -0.2) is 35.7 Å². The molecule has 3 amide bonds. The molecule has 0 unspecified atom stereocenters. The van der Waals surface area contributed by atoms with Gasteiger partial charge in [0.25, 0.3) is 17.1 Å². The molecule has 1 heterocycles. The van der Waals surface area contributed by atoms with Crippen molar-refractivity contribution in [1.29, 1.82) is 0 Å². The third-order valence-electron chi connectivity index (χ3n) is 5.74. The monoisotopic (exact) mass is 570 g/mol. The highest BCUT2D eigenvalue weighted by molar-refractivity contribution is 8.18. The van der Waals surface area contributed by atoms with Crippen LogP contribution in [0.5, 0.6) is 11.5 Å². The first-order chi connectivity index (χ1) is 18.3. The number of hydrogen-bond donors (Lipinski definition) is 1. The van der Waals surface area contributed by atoms with Crippen LogP contribution < -0.4 is 14.8 Å². The smallest absolute Gasteiger partial charge is 0.293 e. The number of anilines is 1. The minimum atomic E-state index is -0.445. The van der Waals surface area contributed by atoms with Crippen molar-refractivity contribution in [3.05, 3.63) is 92.3 Å². The number of halogens is 2. The van der Waals surface area contributed by atoms with Gasteiger partial charge in [0, 0.05) is 21.3 Å². The minimum absolute atomic E-state index is 0.0264. The van der Waals surface area contributed by atoms with Gasteiger partial charge in [0.05, 0.1) is 18.6 Å². The van der Waals surface area contributed by atoms with E-state index >= 15 is 0 Å². The SMILES string of the molecule is CCc1ccc(NC(=O)COc2ccc(/C=C3\SC(=O)N(Cc4c(Cl)cccc4Cl)C3=O)cc2OC)cc1. The Labute approximate surface area is 234 Å². The maximum Gasteiger partial charge on any atom is 0.293 e. The Kier molecular flexibility index (Phi) is 8.99. The number of nitrogens with zero attached hydrogens (tertiary/aromatic N) is 1. The van der Waals surface area contributed by atoms with Gasteiger partial charge in [0.1, 0.15) is 0 Å². The molecular weight excluding hydrogens is 547 g/mol. The number of methoxy groups -OCH3 is 1. The van der Waals surface area contributed by atoms with E-state index in [0.717, 1.165) is 23.1 Å². The number of amides is 3. The van der Waals surface area contributed by atoms with E-state index in [4.69, 9.17) is 32.7 Å².